The molecule has 0 saturated heterocycles. The van der Waals surface area contributed by atoms with E-state index in [4.69, 9.17) is 0 Å². The number of aryl methyl sites for hydroxylation is 2. The van der Waals surface area contributed by atoms with Crippen molar-refractivity contribution in [2.24, 2.45) is 0 Å². The molecule has 0 saturated carbocycles. The number of Topliss-reactive ketones (excluding diaryl/α,β-unsaturated/α-hetero) is 1. The van der Waals surface area contributed by atoms with Gasteiger partial charge < -0.3 is 5.32 Å². The van der Waals surface area contributed by atoms with Gasteiger partial charge in [0.25, 0.3) is 5.69 Å². The zero-order valence-corrected chi connectivity index (χ0v) is 13.8. The lowest BCUT2D eigenvalue weighted by Gasteiger charge is -2.17. The van der Waals surface area contributed by atoms with Crippen LogP contribution in [-0.2, 0) is 6.54 Å². The van der Waals surface area contributed by atoms with Gasteiger partial charge in [-0.2, -0.15) is 0 Å². The molecule has 0 unspecified atom stereocenters. The maximum atomic E-state index is 11.8. The Hall–Kier alpha value is -2.69. The maximum absolute atomic E-state index is 11.8. The van der Waals surface area contributed by atoms with Crippen LogP contribution in [0, 0.1) is 30.9 Å². The van der Waals surface area contributed by atoms with Crippen LogP contribution in [-0.4, -0.2) is 10.7 Å². The molecule has 23 heavy (non-hydrogen) atoms. The van der Waals surface area contributed by atoms with Gasteiger partial charge in [0.15, 0.2) is 5.78 Å². The van der Waals surface area contributed by atoms with Crippen molar-refractivity contribution >= 4 is 17.2 Å². The number of hydrogen-bond acceptors (Lipinski definition) is 4. The number of carbonyl (C=O) groups excluding carboxylic acids is 1. The van der Waals surface area contributed by atoms with Crippen LogP contribution in [0.3, 0.4) is 0 Å². The fraction of sp³-hybridized carbons (Fsp3) is 0.278. The number of rotatable bonds is 5. The van der Waals surface area contributed by atoms with E-state index < -0.39 is 4.92 Å². The fourth-order valence-electron chi connectivity index (χ4n) is 2.96. The first kappa shape index (κ1) is 16.7. The normalized spacial score (nSPS) is 10.4. The van der Waals surface area contributed by atoms with E-state index in [-0.39, 0.29) is 11.5 Å². The monoisotopic (exact) mass is 312 g/mol. The van der Waals surface area contributed by atoms with Crippen molar-refractivity contribution in [3.8, 4) is 0 Å². The van der Waals surface area contributed by atoms with Crippen LogP contribution in [0.5, 0.6) is 0 Å². The number of hydrogen-bond donors (Lipinski definition) is 1. The lowest BCUT2D eigenvalue weighted by molar-refractivity contribution is -0.384. The molecule has 1 N–H and O–H groups in total. The molecule has 0 radical (unpaired) electrons. The van der Waals surface area contributed by atoms with Crippen LogP contribution in [0.25, 0.3) is 0 Å². The molecule has 0 spiro atoms. The minimum atomic E-state index is -0.415. The Morgan fingerprint density at radius 1 is 1.17 bits per heavy atom. The molecular formula is C18H20N2O3. The highest BCUT2D eigenvalue weighted by molar-refractivity contribution is 5.97. The number of nitrogens with one attached hydrogen (secondary N) is 1. The molecule has 120 valence electrons. The predicted octanol–water partition coefficient (Wildman–Crippen LogP) is 4.33. The number of non-ortho nitro benzene ring substituents is 1. The molecule has 2 rings (SSSR count). The van der Waals surface area contributed by atoms with E-state index in [9.17, 15) is 14.9 Å². The van der Waals surface area contributed by atoms with Gasteiger partial charge in [-0.3, -0.25) is 14.9 Å². The average molecular weight is 312 g/mol. The van der Waals surface area contributed by atoms with E-state index in [2.05, 4.69) is 5.32 Å². The Balaban J connectivity index is 2.31. The summed E-state index contributed by atoms with van der Waals surface area (Å²) in [5.74, 6) is 0.0524. The molecule has 0 aliphatic rings. The van der Waals surface area contributed by atoms with Crippen molar-refractivity contribution in [3.63, 3.8) is 0 Å². The number of benzene rings is 2. The van der Waals surface area contributed by atoms with Crippen molar-refractivity contribution in [3.05, 3.63) is 68.3 Å². The predicted molar refractivity (Wildman–Crippen MR) is 91.1 cm³/mol. The molecule has 0 aliphatic heterocycles. The standard InChI is InChI=1S/C18H20N2O3/c1-11-8-12(2)18(14(4)21)13(3)17(11)10-19-15-6-5-7-16(9-15)20(22)23/h5-9,19H,10H2,1-4H3. The molecule has 5 heteroatoms. The lowest BCUT2D eigenvalue weighted by Crippen LogP contribution is -2.09. The van der Waals surface area contributed by atoms with Gasteiger partial charge in [0, 0.05) is 29.9 Å². The minimum Gasteiger partial charge on any atom is -0.381 e. The van der Waals surface area contributed by atoms with E-state index in [1.165, 1.54) is 12.1 Å². The Labute approximate surface area is 135 Å². The van der Waals surface area contributed by atoms with Crippen molar-refractivity contribution < 1.29 is 9.72 Å². The van der Waals surface area contributed by atoms with E-state index in [1.54, 1.807) is 19.1 Å². The van der Waals surface area contributed by atoms with Gasteiger partial charge in [-0.25, -0.2) is 0 Å². The van der Waals surface area contributed by atoms with Gasteiger partial charge in [0.05, 0.1) is 4.92 Å². The average Bonchev–Trinajstić information content (AvgIpc) is 2.46. The summed E-state index contributed by atoms with van der Waals surface area (Å²) >= 11 is 0. The first-order valence-electron chi connectivity index (χ1n) is 7.40. The Morgan fingerprint density at radius 3 is 2.48 bits per heavy atom. The highest BCUT2D eigenvalue weighted by Crippen LogP contribution is 2.24. The van der Waals surface area contributed by atoms with Crippen LogP contribution < -0.4 is 5.32 Å². The number of nitro groups is 1. The van der Waals surface area contributed by atoms with Crippen molar-refractivity contribution in [1.82, 2.24) is 0 Å². The summed E-state index contributed by atoms with van der Waals surface area (Å²) in [6.07, 6.45) is 0. The van der Waals surface area contributed by atoms with E-state index in [0.717, 1.165) is 27.8 Å². The molecule has 0 amide bonds. The third-order valence-corrected chi connectivity index (χ3v) is 4.01. The number of anilines is 1. The van der Waals surface area contributed by atoms with Crippen LogP contribution in [0.4, 0.5) is 11.4 Å². The van der Waals surface area contributed by atoms with Crippen LogP contribution in [0.2, 0.25) is 0 Å². The van der Waals surface area contributed by atoms with Gasteiger partial charge in [-0.15, -0.1) is 0 Å². The van der Waals surface area contributed by atoms with Gasteiger partial charge in [-0.1, -0.05) is 12.1 Å². The molecule has 0 bridgehead atoms. The number of nitrogens with zero attached hydrogens (tertiary/aromatic N) is 1. The third kappa shape index (κ3) is 3.56. The molecule has 0 fully saturated rings. The Morgan fingerprint density at radius 2 is 1.87 bits per heavy atom. The maximum Gasteiger partial charge on any atom is 0.271 e. The smallest absolute Gasteiger partial charge is 0.271 e. The summed E-state index contributed by atoms with van der Waals surface area (Å²) in [6.45, 7) is 7.98. The second kappa shape index (κ2) is 6.60. The van der Waals surface area contributed by atoms with Crippen LogP contribution in [0.15, 0.2) is 30.3 Å². The number of nitro benzene ring substituents is 1. The number of ketones is 1. The van der Waals surface area contributed by atoms with Crippen LogP contribution in [0.1, 0.15) is 39.5 Å². The first-order valence-corrected chi connectivity index (χ1v) is 7.40. The molecule has 2 aromatic carbocycles. The summed E-state index contributed by atoms with van der Waals surface area (Å²) in [6, 6.07) is 8.41. The molecule has 5 nitrogen and oxygen atoms in total. The zero-order valence-electron chi connectivity index (χ0n) is 13.8. The highest BCUT2D eigenvalue weighted by Gasteiger charge is 2.14. The SMILES string of the molecule is CC(=O)c1c(C)cc(C)c(CNc2cccc([N+](=O)[O-])c2)c1C. The van der Waals surface area contributed by atoms with Crippen molar-refractivity contribution in [2.45, 2.75) is 34.2 Å². The molecule has 0 aliphatic carbocycles. The Kier molecular flexibility index (Phi) is 4.79. The molecule has 0 atom stereocenters. The Bertz CT molecular complexity index is 782. The molecule has 2 aromatic rings. The molecular weight excluding hydrogens is 292 g/mol. The van der Waals surface area contributed by atoms with Crippen molar-refractivity contribution in [1.29, 1.82) is 0 Å². The topological polar surface area (TPSA) is 72.2 Å². The fourth-order valence-corrected chi connectivity index (χ4v) is 2.96. The van der Waals surface area contributed by atoms with Gasteiger partial charge in [-0.05, 0) is 56.0 Å². The van der Waals surface area contributed by atoms with Gasteiger partial charge >= 0.3 is 0 Å². The summed E-state index contributed by atoms with van der Waals surface area (Å²) in [4.78, 5) is 22.3. The zero-order chi connectivity index (χ0) is 17.1. The van der Waals surface area contributed by atoms with Gasteiger partial charge in [0.2, 0.25) is 0 Å². The summed E-state index contributed by atoms with van der Waals surface area (Å²) < 4.78 is 0. The van der Waals surface area contributed by atoms with E-state index >= 15 is 0 Å². The summed E-state index contributed by atoms with van der Waals surface area (Å²) in [5, 5.41) is 14.0. The quantitative estimate of drug-likeness (QED) is 0.506. The number of carbonyl (C=O) groups is 1. The van der Waals surface area contributed by atoms with Crippen LogP contribution >= 0.6 is 0 Å². The summed E-state index contributed by atoms with van der Waals surface area (Å²) in [7, 11) is 0. The largest absolute Gasteiger partial charge is 0.381 e. The summed E-state index contributed by atoms with van der Waals surface area (Å²) in [5.41, 5.74) is 5.58. The second-order valence-corrected chi connectivity index (χ2v) is 5.71. The third-order valence-electron chi connectivity index (χ3n) is 4.01. The van der Waals surface area contributed by atoms with Gasteiger partial charge in [0.1, 0.15) is 0 Å². The molecule has 0 aromatic heterocycles. The lowest BCUT2D eigenvalue weighted by atomic mass is 9.91. The van der Waals surface area contributed by atoms with E-state index in [1.807, 2.05) is 26.8 Å². The minimum absolute atomic E-state index is 0.0524. The second-order valence-electron chi connectivity index (χ2n) is 5.71. The first-order chi connectivity index (χ1) is 10.8. The highest BCUT2D eigenvalue weighted by atomic mass is 16.6. The van der Waals surface area contributed by atoms with Crippen molar-refractivity contribution in [2.75, 3.05) is 5.32 Å². The molecule has 0 heterocycles. The van der Waals surface area contributed by atoms with E-state index in [0.29, 0.717) is 12.2 Å².